The average Bonchev–Trinajstić information content (AvgIpc) is 2.38. The highest BCUT2D eigenvalue weighted by Gasteiger charge is 2.13. The van der Waals surface area contributed by atoms with Crippen LogP contribution in [0.4, 0.5) is 5.69 Å². The standard InChI is InChI=1S/C11H15N3O2S/c15-14(16)10-3-4-11(13-7-10)17-8-9-2-1-5-12-6-9/h3-4,7,9,12H,1-2,5-6,8H2. The fourth-order valence-corrected chi connectivity index (χ4v) is 2.82. The number of aromatic nitrogens is 1. The first-order valence-electron chi connectivity index (χ1n) is 5.69. The fourth-order valence-electron chi connectivity index (χ4n) is 1.84. The molecule has 1 atom stereocenters. The van der Waals surface area contributed by atoms with Gasteiger partial charge in [-0.15, -0.1) is 11.8 Å². The zero-order valence-electron chi connectivity index (χ0n) is 9.46. The van der Waals surface area contributed by atoms with Crippen molar-refractivity contribution >= 4 is 17.4 Å². The van der Waals surface area contributed by atoms with Crippen LogP contribution < -0.4 is 5.32 Å². The van der Waals surface area contributed by atoms with Crippen LogP contribution in [-0.2, 0) is 0 Å². The van der Waals surface area contributed by atoms with Crippen molar-refractivity contribution in [2.75, 3.05) is 18.8 Å². The summed E-state index contributed by atoms with van der Waals surface area (Å²) in [7, 11) is 0. The van der Waals surface area contributed by atoms with Crippen LogP contribution in [0.25, 0.3) is 0 Å². The molecule has 1 aliphatic rings. The molecule has 1 aromatic heterocycles. The Morgan fingerprint density at radius 2 is 2.47 bits per heavy atom. The normalized spacial score (nSPS) is 20.1. The van der Waals surface area contributed by atoms with Crippen molar-refractivity contribution in [3.63, 3.8) is 0 Å². The van der Waals surface area contributed by atoms with Gasteiger partial charge in [-0.25, -0.2) is 4.98 Å². The maximum atomic E-state index is 10.5. The fraction of sp³-hybridized carbons (Fsp3) is 0.545. The van der Waals surface area contributed by atoms with Crippen LogP contribution in [0.5, 0.6) is 0 Å². The number of piperidine rings is 1. The smallest absolute Gasteiger partial charge is 0.287 e. The van der Waals surface area contributed by atoms with E-state index >= 15 is 0 Å². The Morgan fingerprint density at radius 3 is 3.06 bits per heavy atom. The SMILES string of the molecule is O=[N+]([O-])c1ccc(SCC2CCCNC2)nc1. The van der Waals surface area contributed by atoms with Gasteiger partial charge < -0.3 is 5.32 Å². The summed E-state index contributed by atoms with van der Waals surface area (Å²) in [6.45, 7) is 2.19. The molecule has 0 aromatic carbocycles. The molecule has 1 N–H and O–H groups in total. The summed E-state index contributed by atoms with van der Waals surface area (Å²) in [6.07, 6.45) is 3.81. The molecule has 1 fully saturated rings. The quantitative estimate of drug-likeness (QED) is 0.505. The van der Waals surface area contributed by atoms with Gasteiger partial charge in [0.2, 0.25) is 0 Å². The van der Waals surface area contributed by atoms with E-state index < -0.39 is 4.92 Å². The third-order valence-electron chi connectivity index (χ3n) is 2.80. The number of nitrogens with zero attached hydrogens (tertiary/aromatic N) is 2. The zero-order chi connectivity index (χ0) is 12.1. The van der Waals surface area contributed by atoms with Gasteiger partial charge in [-0.1, -0.05) is 0 Å². The molecule has 2 heterocycles. The summed E-state index contributed by atoms with van der Waals surface area (Å²) in [5.41, 5.74) is 0.0497. The van der Waals surface area contributed by atoms with Gasteiger partial charge in [-0.2, -0.15) is 0 Å². The number of nitro groups is 1. The molecule has 5 nitrogen and oxygen atoms in total. The molecule has 17 heavy (non-hydrogen) atoms. The monoisotopic (exact) mass is 253 g/mol. The minimum Gasteiger partial charge on any atom is -0.316 e. The number of rotatable bonds is 4. The Balaban J connectivity index is 1.84. The van der Waals surface area contributed by atoms with Crippen LogP contribution in [0.3, 0.4) is 0 Å². The maximum Gasteiger partial charge on any atom is 0.287 e. The largest absolute Gasteiger partial charge is 0.316 e. The van der Waals surface area contributed by atoms with Gasteiger partial charge >= 0.3 is 0 Å². The topological polar surface area (TPSA) is 68.1 Å². The average molecular weight is 253 g/mol. The van der Waals surface area contributed by atoms with Gasteiger partial charge in [-0.3, -0.25) is 10.1 Å². The van der Waals surface area contributed by atoms with Crippen LogP contribution in [0.15, 0.2) is 23.4 Å². The lowest BCUT2D eigenvalue weighted by Gasteiger charge is -2.21. The highest BCUT2D eigenvalue weighted by Crippen LogP contribution is 2.23. The van der Waals surface area contributed by atoms with Gasteiger partial charge in [0, 0.05) is 11.8 Å². The molecule has 6 heteroatoms. The Labute approximate surface area is 104 Å². The number of thioether (sulfide) groups is 1. The molecule has 0 spiro atoms. The van der Waals surface area contributed by atoms with Crippen molar-refractivity contribution in [3.05, 3.63) is 28.4 Å². The minimum absolute atomic E-state index is 0.0497. The number of pyridine rings is 1. The second-order valence-corrected chi connectivity index (χ2v) is 5.18. The van der Waals surface area contributed by atoms with Crippen molar-refractivity contribution in [1.82, 2.24) is 10.3 Å². The second kappa shape index (κ2) is 5.97. The van der Waals surface area contributed by atoms with E-state index in [0.717, 1.165) is 23.9 Å². The molecule has 1 saturated heterocycles. The Morgan fingerprint density at radius 1 is 1.59 bits per heavy atom. The Kier molecular flexibility index (Phi) is 4.33. The van der Waals surface area contributed by atoms with Crippen molar-refractivity contribution in [1.29, 1.82) is 0 Å². The third-order valence-corrected chi connectivity index (χ3v) is 3.97. The van der Waals surface area contributed by atoms with Crippen LogP contribution in [0.1, 0.15) is 12.8 Å². The lowest BCUT2D eigenvalue weighted by atomic mass is 10.0. The summed E-state index contributed by atoms with van der Waals surface area (Å²) in [6, 6.07) is 3.23. The lowest BCUT2D eigenvalue weighted by Crippen LogP contribution is -2.30. The molecule has 0 bridgehead atoms. The molecular weight excluding hydrogens is 238 g/mol. The summed E-state index contributed by atoms with van der Waals surface area (Å²) in [5.74, 6) is 1.71. The van der Waals surface area contributed by atoms with E-state index in [9.17, 15) is 10.1 Å². The van der Waals surface area contributed by atoms with E-state index in [-0.39, 0.29) is 5.69 Å². The number of hydrogen-bond acceptors (Lipinski definition) is 5. The van der Waals surface area contributed by atoms with Crippen LogP contribution >= 0.6 is 11.8 Å². The first-order chi connectivity index (χ1) is 8.25. The third kappa shape index (κ3) is 3.67. The van der Waals surface area contributed by atoms with Gasteiger partial charge in [0.05, 0.1) is 9.95 Å². The van der Waals surface area contributed by atoms with E-state index in [1.165, 1.54) is 25.1 Å². The summed E-state index contributed by atoms with van der Waals surface area (Å²) in [5, 5.41) is 14.7. The molecule has 1 unspecified atom stereocenters. The van der Waals surface area contributed by atoms with Crippen molar-refractivity contribution < 1.29 is 4.92 Å². The van der Waals surface area contributed by atoms with Gasteiger partial charge in [-0.05, 0) is 37.9 Å². The first-order valence-corrected chi connectivity index (χ1v) is 6.68. The van der Waals surface area contributed by atoms with Crippen molar-refractivity contribution in [2.45, 2.75) is 17.9 Å². The zero-order valence-corrected chi connectivity index (χ0v) is 10.3. The second-order valence-electron chi connectivity index (χ2n) is 4.14. The van der Waals surface area contributed by atoms with Crippen molar-refractivity contribution in [3.8, 4) is 0 Å². The molecule has 0 radical (unpaired) electrons. The molecule has 92 valence electrons. The van der Waals surface area contributed by atoms with Crippen LogP contribution in [0.2, 0.25) is 0 Å². The maximum absolute atomic E-state index is 10.5. The molecule has 0 amide bonds. The summed E-state index contributed by atoms with van der Waals surface area (Å²) < 4.78 is 0. The number of hydrogen-bond donors (Lipinski definition) is 1. The summed E-state index contributed by atoms with van der Waals surface area (Å²) >= 11 is 1.67. The highest BCUT2D eigenvalue weighted by atomic mass is 32.2. The van der Waals surface area contributed by atoms with Crippen LogP contribution in [-0.4, -0.2) is 28.7 Å². The van der Waals surface area contributed by atoms with E-state index in [2.05, 4.69) is 10.3 Å². The van der Waals surface area contributed by atoms with E-state index in [0.29, 0.717) is 5.92 Å². The van der Waals surface area contributed by atoms with Gasteiger partial charge in [0.25, 0.3) is 5.69 Å². The molecule has 2 rings (SSSR count). The summed E-state index contributed by atoms with van der Waals surface area (Å²) in [4.78, 5) is 14.1. The van der Waals surface area contributed by atoms with Gasteiger partial charge in [0.1, 0.15) is 6.20 Å². The molecular formula is C11H15N3O2S. The minimum atomic E-state index is -0.424. The van der Waals surface area contributed by atoms with Crippen LogP contribution in [0, 0.1) is 16.0 Å². The highest BCUT2D eigenvalue weighted by molar-refractivity contribution is 7.99. The molecule has 0 aliphatic carbocycles. The predicted octanol–water partition coefficient (Wildman–Crippen LogP) is 2.08. The first kappa shape index (κ1) is 12.3. The van der Waals surface area contributed by atoms with E-state index in [1.54, 1.807) is 17.8 Å². The van der Waals surface area contributed by atoms with E-state index in [4.69, 9.17) is 0 Å². The number of nitrogens with one attached hydrogen (secondary N) is 1. The predicted molar refractivity (Wildman–Crippen MR) is 67.2 cm³/mol. The molecule has 1 aromatic rings. The lowest BCUT2D eigenvalue weighted by molar-refractivity contribution is -0.385. The van der Waals surface area contributed by atoms with Gasteiger partial charge in [0.15, 0.2) is 0 Å². The Bertz CT molecular complexity index is 377. The Hall–Kier alpha value is -1.14. The molecule has 1 aliphatic heterocycles. The molecule has 0 saturated carbocycles. The van der Waals surface area contributed by atoms with E-state index in [1.807, 2.05) is 0 Å². The van der Waals surface area contributed by atoms with Crippen molar-refractivity contribution in [2.24, 2.45) is 5.92 Å².